The third-order valence-electron chi connectivity index (χ3n) is 5.95. The van der Waals surface area contributed by atoms with E-state index in [2.05, 4.69) is 97.9 Å². The van der Waals surface area contributed by atoms with E-state index in [4.69, 9.17) is 0 Å². The van der Waals surface area contributed by atoms with E-state index in [1.54, 1.807) is 0 Å². The number of unbranched alkanes of at least 4 members (excludes halogenated alkanes) is 1. The summed E-state index contributed by atoms with van der Waals surface area (Å²) in [5.41, 5.74) is 11.4. The molecule has 0 aliphatic heterocycles. The zero-order valence-electron chi connectivity index (χ0n) is 21.1. The second-order valence-corrected chi connectivity index (χ2v) is 8.37. The van der Waals surface area contributed by atoms with Crippen LogP contribution in [0.2, 0.25) is 0 Å². The minimum Gasteiger partial charge on any atom is -0.0984 e. The maximum atomic E-state index is 4.33. The summed E-state index contributed by atoms with van der Waals surface area (Å²) in [6, 6.07) is 6.45. The first-order valence-electron chi connectivity index (χ1n) is 11.8. The van der Waals surface area contributed by atoms with E-state index in [0.717, 1.165) is 59.1 Å². The molecule has 1 aromatic carbocycles. The van der Waals surface area contributed by atoms with Gasteiger partial charge in [0.1, 0.15) is 0 Å². The Morgan fingerprint density at radius 1 is 0.938 bits per heavy atom. The first-order valence-corrected chi connectivity index (χ1v) is 11.8. The predicted molar refractivity (Wildman–Crippen MR) is 149 cm³/mol. The maximum Gasteiger partial charge on any atom is -0.0117 e. The highest BCUT2D eigenvalue weighted by atomic mass is 14.1. The molecule has 0 saturated heterocycles. The second-order valence-electron chi connectivity index (χ2n) is 8.37. The van der Waals surface area contributed by atoms with Gasteiger partial charge < -0.3 is 0 Å². The molecule has 1 aromatic rings. The lowest BCUT2D eigenvalue weighted by molar-refractivity contribution is 0.793. The summed E-state index contributed by atoms with van der Waals surface area (Å²) >= 11 is 0. The second kappa shape index (κ2) is 13.5. The lowest BCUT2D eigenvalue weighted by Gasteiger charge is -2.14. The third-order valence-corrected chi connectivity index (χ3v) is 5.95. The Morgan fingerprint density at radius 3 is 2.09 bits per heavy atom. The van der Waals surface area contributed by atoms with Crippen LogP contribution in [0.1, 0.15) is 83.4 Å². The lowest BCUT2D eigenvalue weighted by atomic mass is 9.91. The number of allylic oxidation sites excluding steroid dienone is 10. The summed E-state index contributed by atoms with van der Waals surface area (Å²) in [6.07, 6.45) is 13.6. The number of benzene rings is 1. The fourth-order valence-corrected chi connectivity index (χ4v) is 3.81. The zero-order valence-corrected chi connectivity index (χ0v) is 21.1. The van der Waals surface area contributed by atoms with E-state index in [1.165, 1.54) is 28.7 Å². The van der Waals surface area contributed by atoms with Gasteiger partial charge >= 0.3 is 0 Å². The molecule has 1 rings (SSSR count). The van der Waals surface area contributed by atoms with Gasteiger partial charge in [-0.1, -0.05) is 107 Å². The molecule has 0 aliphatic carbocycles. The van der Waals surface area contributed by atoms with Crippen LogP contribution in [0, 0.1) is 0 Å². The van der Waals surface area contributed by atoms with Gasteiger partial charge in [0.05, 0.1) is 0 Å². The average molecular weight is 427 g/mol. The largest absolute Gasteiger partial charge is 0.0984 e. The Labute approximate surface area is 197 Å². The minimum atomic E-state index is 0.979. The van der Waals surface area contributed by atoms with Crippen molar-refractivity contribution in [3.05, 3.63) is 114 Å². The average Bonchev–Trinajstić information content (AvgIpc) is 2.79. The van der Waals surface area contributed by atoms with Crippen LogP contribution >= 0.6 is 0 Å². The zero-order chi connectivity index (χ0) is 24.3. The summed E-state index contributed by atoms with van der Waals surface area (Å²) in [5.74, 6) is 0. The van der Waals surface area contributed by atoms with Gasteiger partial charge in [-0.15, -0.1) is 0 Å². The van der Waals surface area contributed by atoms with Gasteiger partial charge in [0, 0.05) is 0 Å². The fourth-order valence-electron chi connectivity index (χ4n) is 3.81. The van der Waals surface area contributed by atoms with Gasteiger partial charge in [0.15, 0.2) is 0 Å². The molecular weight excluding hydrogens is 384 g/mol. The molecular formula is C32H42. The van der Waals surface area contributed by atoms with Crippen LogP contribution in [0.3, 0.4) is 0 Å². The minimum absolute atomic E-state index is 0.979. The Kier molecular flexibility index (Phi) is 11.5. The van der Waals surface area contributed by atoms with Crippen molar-refractivity contribution < 1.29 is 0 Å². The standard InChI is InChI=1S/C32H42/c1-11-16-17-24(8)25(9)20-26(10)31-19-18-30(21-29(31)15-5)28(14-4)22-32(23(6)7)27(12-2)13-3/h14-15,18-22H,4-6,8,10-13,16-17H2,1-3,7,9H3/b25-20-,28-22+. The molecule has 0 amide bonds. The molecule has 0 nitrogen and oxygen atoms in total. The summed E-state index contributed by atoms with van der Waals surface area (Å²) in [5, 5.41) is 0. The topological polar surface area (TPSA) is 0 Å². The van der Waals surface area contributed by atoms with E-state index in [9.17, 15) is 0 Å². The van der Waals surface area contributed by atoms with Crippen molar-refractivity contribution in [2.24, 2.45) is 0 Å². The van der Waals surface area contributed by atoms with Gasteiger partial charge in [0.25, 0.3) is 0 Å². The monoisotopic (exact) mass is 426 g/mol. The number of rotatable bonds is 13. The quantitative estimate of drug-likeness (QED) is 0.275. The van der Waals surface area contributed by atoms with Crippen molar-refractivity contribution in [3.8, 4) is 0 Å². The van der Waals surface area contributed by atoms with Crippen LogP contribution in [-0.4, -0.2) is 0 Å². The molecule has 0 unspecified atom stereocenters. The highest BCUT2D eigenvalue weighted by Crippen LogP contribution is 2.30. The normalized spacial score (nSPS) is 11.7. The van der Waals surface area contributed by atoms with E-state index in [-0.39, 0.29) is 0 Å². The van der Waals surface area contributed by atoms with Crippen LogP contribution in [0.25, 0.3) is 17.2 Å². The molecule has 0 bridgehead atoms. The van der Waals surface area contributed by atoms with Crippen molar-refractivity contribution in [2.45, 2.75) is 66.7 Å². The van der Waals surface area contributed by atoms with E-state index >= 15 is 0 Å². The summed E-state index contributed by atoms with van der Waals surface area (Å²) in [7, 11) is 0. The Morgan fingerprint density at radius 2 is 1.59 bits per heavy atom. The van der Waals surface area contributed by atoms with Crippen LogP contribution in [0.5, 0.6) is 0 Å². The van der Waals surface area contributed by atoms with Crippen LogP contribution in [-0.2, 0) is 0 Å². The molecule has 0 heteroatoms. The molecule has 0 spiro atoms. The van der Waals surface area contributed by atoms with Gasteiger partial charge in [-0.2, -0.15) is 0 Å². The third kappa shape index (κ3) is 7.38. The Balaban J connectivity index is 3.41. The van der Waals surface area contributed by atoms with E-state index in [0.29, 0.717) is 0 Å². The highest BCUT2D eigenvalue weighted by Gasteiger charge is 2.09. The van der Waals surface area contributed by atoms with Crippen molar-refractivity contribution in [1.82, 2.24) is 0 Å². The van der Waals surface area contributed by atoms with Crippen molar-refractivity contribution in [1.29, 1.82) is 0 Å². The molecule has 32 heavy (non-hydrogen) atoms. The predicted octanol–water partition coefficient (Wildman–Crippen LogP) is 10.3. The summed E-state index contributed by atoms with van der Waals surface area (Å²) in [4.78, 5) is 0. The molecule has 0 heterocycles. The van der Waals surface area contributed by atoms with Gasteiger partial charge in [-0.05, 0) is 90.7 Å². The SMILES string of the molecule is C=C/C(=C\C(C(=C)C)=C(CC)CC)c1ccc(C(=C)/C=C(/C)C(=C)CCCC)c(C=C)c1. The Bertz CT molecular complexity index is 963. The number of hydrogen-bond donors (Lipinski definition) is 0. The molecule has 0 radical (unpaired) electrons. The van der Waals surface area contributed by atoms with Crippen molar-refractivity contribution in [3.63, 3.8) is 0 Å². The molecule has 0 saturated carbocycles. The Hall–Kier alpha value is -2.86. The molecule has 0 fully saturated rings. The molecule has 0 aromatic heterocycles. The first kappa shape index (κ1) is 27.2. The molecule has 0 atom stereocenters. The van der Waals surface area contributed by atoms with Crippen LogP contribution < -0.4 is 0 Å². The van der Waals surface area contributed by atoms with Crippen molar-refractivity contribution >= 4 is 17.2 Å². The van der Waals surface area contributed by atoms with Crippen LogP contribution in [0.4, 0.5) is 0 Å². The molecule has 170 valence electrons. The summed E-state index contributed by atoms with van der Waals surface area (Å²) in [6.45, 7) is 31.7. The van der Waals surface area contributed by atoms with Crippen molar-refractivity contribution in [2.75, 3.05) is 0 Å². The summed E-state index contributed by atoms with van der Waals surface area (Å²) < 4.78 is 0. The van der Waals surface area contributed by atoms with Gasteiger partial charge in [-0.25, -0.2) is 0 Å². The molecule has 0 aliphatic rings. The fraction of sp³-hybridized carbons (Fsp3) is 0.312. The smallest absolute Gasteiger partial charge is 0.0117 e. The lowest BCUT2D eigenvalue weighted by Crippen LogP contribution is -1.94. The van der Waals surface area contributed by atoms with Crippen LogP contribution in [0.15, 0.2) is 97.2 Å². The first-order chi connectivity index (χ1) is 15.2. The maximum absolute atomic E-state index is 4.33. The van der Waals surface area contributed by atoms with E-state index < -0.39 is 0 Å². The number of hydrogen-bond acceptors (Lipinski definition) is 0. The van der Waals surface area contributed by atoms with Gasteiger partial charge in [0.2, 0.25) is 0 Å². The highest BCUT2D eigenvalue weighted by molar-refractivity contribution is 5.84. The van der Waals surface area contributed by atoms with E-state index in [1.807, 2.05) is 12.2 Å². The molecule has 0 N–H and O–H groups in total. The van der Waals surface area contributed by atoms with Gasteiger partial charge in [-0.3, -0.25) is 0 Å².